The first-order valence-electron chi connectivity index (χ1n) is 5.13. The summed E-state index contributed by atoms with van der Waals surface area (Å²) in [6, 6.07) is 7.43. The van der Waals surface area contributed by atoms with E-state index in [0.29, 0.717) is 6.42 Å². The number of ether oxygens (including phenoxy) is 1. The van der Waals surface area contributed by atoms with Crippen molar-refractivity contribution in [2.45, 2.75) is 31.1 Å². The van der Waals surface area contributed by atoms with Crippen LogP contribution in [0.3, 0.4) is 0 Å². The quantitative estimate of drug-likeness (QED) is 0.727. The molecule has 82 valence electrons. The number of benzene rings is 1. The van der Waals surface area contributed by atoms with Gasteiger partial charge < -0.3 is 4.74 Å². The van der Waals surface area contributed by atoms with Gasteiger partial charge in [0, 0.05) is 12.8 Å². The van der Waals surface area contributed by atoms with E-state index in [1.807, 2.05) is 24.3 Å². The standard InChI is InChI=1S/C12H14F2O/c1-15-11-5-3-2-4-10(11)9-6-7-12(13,14)8-9/h2-5,9H,6-8H2,1H3. The van der Waals surface area contributed by atoms with Gasteiger partial charge in [0.05, 0.1) is 7.11 Å². The van der Waals surface area contributed by atoms with Crippen molar-refractivity contribution < 1.29 is 13.5 Å². The van der Waals surface area contributed by atoms with Crippen LogP contribution in [0.1, 0.15) is 30.7 Å². The fourth-order valence-corrected chi connectivity index (χ4v) is 2.22. The second-order valence-electron chi connectivity index (χ2n) is 4.04. The fourth-order valence-electron chi connectivity index (χ4n) is 2.22. The van der Waals surface area contributed by atoms with Gasteiger partial charge in [-0.3, -0.25) is 0 Å². The molecule has 1 aromatic carbocycles. The molecule has 1 saturated carbocycles. The van der Waals surface area contributed by atoms with Gasteiger partial charge in [0.1, 0.15) is 5.75 Å². The first kappa shape index (κ1) is 10.4. The van der Waals surface area contributed by atoms with Crippen molar-refractivity contribution >= 4 is 0 Å². The number of para-hydroxylation sites is 1. The van der Waals surface area contributed by atoms with Gasteiger partial charge in [0.25, 0.3) is 0 Å². The predicted molar refractivity (Wildman–Crippen MR) is 54.5 cm³/mol. The van der Waals surface area contributed by atoms with E-state index in [-0.39, 0.29) is 18.8 Å². The molecule has 0 aromatic heterocycles. The molecule has 0 saturated heterocycles. The molecule has 1 nitrogen and oxygen atoms in total. The lowest BCUT2D eigenvalue weighted by Gasteiger charge is -2.14. The van der Waals surface area contributed by atoms with E-state index in [1.165, 1.54) is 0 Å². The van der Waals surface area contributed by atoms with E-state index in [1.54, 1.807) is 7.11 Å². The second-order valence-corrected chi connectivity index (χ2v) is 4.04. The number of alkyl halides is 2. The monoisotopic (exact) mass is 212 g/mol. The van der Waals surface area contributed by atoms with Crippen LogP contribution in [0.15, 0.2) is 24.3 Å². The van der Waals surface area contributed by atoms with E-state index in [9.17, 15) is 8.78 Å². The molecule has 0 heterocycles. The fraction of sp³-hybridized carbons (Fsp3) is 0.500. The van der Waals surface area contributed by atoms with Crippen LogP contribution in [0.2, 0.25) is 0 Å². The molecule has 1 aliphatic carbocycles. The van der Waals surface area contributed by atoms with E-state index in [2.05, 4.69) is 0 Å². The molecule has 3 heteroatoms. The normalized spacial score (nSPS) is 24.1. The molecule has 0 N–H and O–H groups in total. The summed E-state index contributed by atoms with van der Waals surface area (Å²) < 4.78 is 31.3. The molecule has 1 aliphatic rings. The van der Waals surface area contributed by atoms with Gasteiger partial charge in [-0.05, 0) is 24.0 Å². The van der Waals surface area contributed by atoms with E-state index >= 15 is 0 Å². The zero-order valence-electron chi connectivity index (χ0n) is 8.67. The number of hydrogen-bond donors (Lipinski definition) is 0. The summed E-state index contributed by atoms with van der Waals surface area (Å²) in [6.45, 7) is 0. The van der Waals surface area contributed by atoms with E-state index < -0.39 is 5.92 Å². The highest BCUT2D eigenvalue weighted by atomic mass is 19.3. The Morgan fingerprint density at radius 2 is 2.07 bits per heavy atom. The average Bonchev–Trinajstić information content (AvgIpc) is 2.59. The SMILES string of the molecule is COc1ccccc1C1CCC(F)(F)C1. The summed E-state index contributed by atoms with van der Waals surface area (Å²) in [7, 11) is 1.58. The smallest absolute Gasteiger partial charge is 0.248 e. The molecule has 1 aromatic rings. The molecule has 0 bridgehead atoms. The molecule has 1 unspecified atom stereocenters. The van der Waals surface area contributed by atoms with Crippen molar-refractivity contribution in [2.24, 2.45) is 0 Å². The topological polar surface area (TPSA) is 9.23 Å². The Kier molecular flexibility index (Phi) is 2.63. The van der Waals surface area contributed by atoms with Gasteiger partial charge in [-0.25, -0.2) is 8.78 Å². The number of methoxy groups -OCH3 is 1. The maximum atomic E-state index is 13.1. The summed E-state index contributed by atoms with van der Waals surface area (Å²) in [6.07, 6.45) is 0.496. The highest BCUT2D eigenvalue weighted by Crippen LogP contribution is 2.46. The molecular weight excluding hydrogens is 198 g/mol. The predicted octanol–water partition coefficient (Wildman–Crippen LogP) is 3.60. The van der Waals surface area contributed by atoms with Crippen LogP contribution >= 0.6 is 0 Å². The lowest BCUT2D eigenvalue weighted by atomic mass is 9.96. The zero-order valence-corrected chi connectivity index (χ0v) is 8.67. The lowest BCUT2D eigenvalue weighted by molar-refractivity contribution is 0.00772. The summed E-state index contributed by atoms with van der Waals surface area (Å²) in [5.74, 6) is -1.83. The average molecular weight is 212 g/mol. The van der Waals surface area contributed by atoms with Gasteiger partial charge in [-0.2, -0.15) is 0 Å². The summed E-state index contributed by atoms with van der Waals surface area (Å²) in [4.78, 5) is 0. The minimum atomic E-state index is -2.49. The van der Waals surface area contributed by atoms with Gasteiger partial charge in [0.2, 0.25) is 5.92 Å². The minimum absolute atomic E-state index is 0.00425. The zero-order chi connectivity index (χ0) is 10.9. The van der Waals surface area contributed by atoms with Crippen molar-refractivity contribution in [3.63, 3.8) is 0 Å². The number of halogens is 2. The second kappa shape index (κ2) is 3.80. The Hall–Kier alpha value is -1.12. The number of hydrogen-bond acceptors (Lipinski definition) is 1. The van der Waals surface area contributed by atoms with Crippen molar-refractivity contribution in [1.82, 2.24) is 0 Å². The third-order valence-corrected chi connectivity index (χ3v) is 2.98. The maximum Gasteiger partial charge on any atom is 0.248 e. The Balaban J connectivity index is 2.23. The molecular formula is C12H14F2O. The molecule has 0 radical (unpaired) electrons. The lowest BCUT2D eigenvalue weighted by Crippen LogP contribution is -2.09. The van der Waals surface area contributed by atoms with Crippen LogP contribution in [-0.4, -0.2) is 13.0 Å². The van der Waals surface area contributed by atoms with Crippen molar-refractivity contribution in [3.8, 4) is 5.75 Å². The molecule has 2 rings (SSSR count). The Morgan fingerprint density at radius 3 is 2.67 bits per heavy atom. The van der Waals surface area contributed by atoms with Crippen molar-refractivity contribution in [2.75, 3.05) is 7.11 Å². The van der Waals surface area contributed by atoms with Crippen LogP contribution in [0.4, 0.5) is 8.78 Å². The van der Waals surface area contributed by atoms with Crippen LogP contribution < -0.4 is 4.74 Å². The van der Waals surface area contributed by atoms with E-state index in [4.69, 9.17) is 4.74 Å². The maximum absolute atomic E-state index is 13.1. The summed E-state index contributed by atoms with van der Waals surface area (Å²) >= 11 is 0. The first-order valence-corrected chi connectivity index (χ1v) is 5.13. The third kappa shape index (κ3) is 2.11. The molecule has 1 atom stereocenters. The van der Waals surface area contributed by atoms with Crippen molar-refractivity contribution in [1.29, 1.82) is 0 Å². The van der Waals surface area contributed by atoms with Gasteiger partial charge in [-0.15, -0.1) is 0 Å². The largest absolute Gasteiger partial charge is 0.496 e. The van der Waals surface area contributed by atoms with Crippen LogP contribution in [0, 0.1) is 0 Å². The van der Waals surface area contributed by atoms with Gasteiger partial charge in [-0.1, -0.05) is 18.2 Å². The highest BCUT2D eigenvalue weighted by molar-refractivity contribution is 5.37. The molecule has 1 fully saturated rings. The first-order chi connectivity index (χ1) is 7.12. The molecule has 0 aliphatic heterocycles. The van der Waals surface area contributed by atoms with Crippen LogP contribution in [0.25, 0.3) is 0 Å². The van der Waals surface area contributed by atoms with Crippen molar-refractivity contribution in [3.05, 3.63) is 29.8 Å². The summed E-state index contributed by atoms with van der Waals surface area (Å²) in [5.41, 5.74) is 0.914. The van der Waals surface area contributed by atoms with Gasteiger partial charge >= 0.3 is 0 Å². The molecule has 0 amide bonds. The van der Waals surface area contributed by atoms with Crippen LogP contribution in [-0.2, 0) is 0 Å². The minimum Gasteiger partial charge on any atom is -0.496 e. The Bertz CT molecular complexity index is 349. The summed E-state index contributed by atoms with van der Waals surface area (Å²) in [5, 5.41) is 0. The van der Waals surface area contributed by atoms with Gasteiger partial charge in [0.15, 0.2) is 0 Å². The Labute approximate surface area is 88.1 Å². The molecule has 15 heavy (non-hydrogen) atoms. The third-order valence-electron chi connectivity index (χ3n) is 2.98. The van der Waals surface area contributed by atoms with E-state index in [0.717, 1.165) is 11.3 Å². The number of rotatable bonds is 2. The Morgan fingerprint density at radius 1 is 1.33 bits per heavy atom. The van der Waals surface area contributed by atoms with Crippen LogP contribution in [0.5, 0.6) is 5.75 Å². The highest BCUT2D eigenvalue weighted by Gasteiger charge is 2.40. The molecule has 0 spiro atoms.